The maximum Gasteiger partial charge on any atom is 0.131 e. The van der Waals surface area contributed by atoms with Gasteiger partial charge in [0.05, 0.1) is 25.7 Å². The van der Waals surface area contributed by atoms with Crippen molar-refractivity contribution in [2.24, 2.45) is 11.8 Å². The Morgan fingerprint density at radius 1 is 1.30 bits per heavy atom. The van der Waals surface area contributed by atoms with Crippen molar-refractivity contribution in [3.8, 4) is 0 Å². The van der Waals surface area contributed by atoms with Crippen LogP contribution in [-0.2, 0) is 0 Å². The van der Waals surface area contributed by atoms with Gasteiger partial charge in [-0.25, -0.2) is 0 Å². The molecule has 1 aromatic carbocycles. The second-order valence-electron chi connectivity index (χ2n) is 7.77. The van der Waals surface area contributed by atoms with E-state index in [1.807, 2.05) is 30.5 Å². The molecule has 0 amide bonds. The minimum atomic E-state index is -0.395. The molecule has 1 aromatic heterocycles. The number of rotatable bonds is 3. The van der Waals surface area contributed by atoms with Crippen molar-refractivity contribution in [1.82, 2.24) is 4.98 Å². The number of fused-ring (bicyclic) bond motifs is 4. The van der Waals surface area contributed by atoms with Gasteiger partial charge in [-0.3, -0.25) is 4.98 Å². The van der Waals surface area contributed by atoms with E-state index in [9.17, 15) is 5.11 Å². The monoisotopic (exact) mass is 311 g/mol. The number of hydrogen-bond acceptors (Lipinski definition) is 2. The van der Waals surface area contributed by atoms with Crippen molar-refractivity contribution >= 4 is 10.9 Å². The molecular formula is C20H27N2O+. The van der Waals surface area contributed by atoms with Crippen molar-refractivity contribution in [1.29, 1.82) is 0 Å². The topological polar surface area (TPSA) is 33.1 Å². The van der Waals surface area contributed by atoms with Crippen LogP contribution in [-0.4, -0.2) is 40.8 Å². The summed E-state index contributed by atoms with van der Waals surface area (Å²) in [6.07, 6.45) is 5.21. The molecule has 5 atom stereocenters. The molecular weight excluding hydrogens is 284 g/mol. The number of nitrogens with zero attached hydrogens (tertiary/aromatic N) is 2. The lowest BCUT2D eigenvalue weighted by Gasteiger charge is -2.56. The third kappa shape index (κ3) is 2.38. The van der Waals surface area contributed by atoms with E-state index in [0.717, 1.165) is 39.2 Å². The highest BCUT2D eigenvalue weighted by Gasteiger charge is 2.51. The number of likely N-dealkylation sites (N-methyl/N-ethyl adjacent to an activating group) is 1. The minimum absolute atomic E-state index is 0.322. The van der Waals surface area contributed by atoms with Crippen LogP contribution in [0.2, 0.25) is 0 Å². The normalized spacial score (nSPS) is 34.7. The second kappa shape index (κ2) is 5.57. The number of piperidine rings is 3. The Morgan fingerprint density at radius 3 is 2.91 bits per heavy atom. The van der Waals surface area contributed by atoms with Crippen molar-refractivity contribution in [2.75, 3.05) is 20.1 Å². The average molecular weight is 311 g/mol. The van der Waals surface area contributed by atoms with Crippen LogP contribution in [0.4, 0.5) is 0 Å². The summed E-state index contributed by atoms with van der Waals surface area (Å²) in [7, 11) is 2.36. The Kier molecular flexibility index (Phi) is 3.66. The van der Waals surface area contributed by atoms with Crippen LogP contribution < -0.4 is 0 Å². The summed E-state index contributed by atoms with van der Waals surface area (Å²) >= 11 is 0. The molecule has 0 spiro atoms. The van der Waals surface area contributed by atoms with Gasteiger partial charge in [0.15, 0.2) is 0 Å². The van der Waals surface area contributed by atoms with Crippen LogP contribution in [0, 0.1) is 11.8 Å². The van der Waals surface area contributed by atoms with Gasteiger partial charge in [-0.05, 0) is 30.0 Å². The van der Waals surface area contributed by atoms with Gasteiger partial charge in [0.2, 0.25) is 0 Å². The van der Waals surface area contributed by atoms with Crippen molar-refractivity contribution in [2.45, 2.75) is 38.3 Å². The van der Waals surface area contributed by atoms with Gasteiger partial charge in [-0.15, -0.1) is 0 Å². The first kappa shape index (κ1) is 15.1. The Balaban J connectivity index is 1.70. The molecule has 3 aliphatic heterocycles. The van der Waals surface area contributed by atoms with Crippen LogP contribution in [0.5, 0.6) is 0 Å². The zero-order valence-electron chi connectivity index (χ0n) is 14.2. The molecule has 5 rings (SSSR count). The Hall–Kier alpha value is -1.45. The van der Waals surface area contributed by atoms with E-state index in [1.165, 1.54) is 25.9 Å². The summed E-state index contributed by atoms with van der Waals surface area (Å²) in [5.74, 6) is 1.64. The predicted octanol–water partition coefficient (Wildman–Crippen LogP) is 3.53. The molecule has 1 N–H and O–H groups in total. The molecule has 0 saturated carbocycles. The summed E-state index contributed by atoms with van der Waals surface area (Å²) in [6, 6.07) is 10.5. The number of pyridine rings is 1. The summed E-state index contributed by atoms with van der Waals surface area (Å²) in [5, 5.41) is 12.3. The van der Waals surface area contributed by atoms with Gasteiger partial charge in [-0.2, -0.15) is 0 Å². The number of aromatic nitrogens is 1. The van der Waals surface area contributed by atoms with Crippen molar-refractivity contribution < 1.29 is 9.59 Å². The van der Waals surface area contributed by atoms with Gasteiger partial charge in [-0.1, -0.05) is 25.1 Å². The summed E-state index contributed by atoms with van der Waals surface area (Å²) in [4.78, 5) is 4.44. The third-order valence-corrected chi connectivity index (χ3v) is 6.56. The van der Waals surface area contributed by atoms with Crippen LogP contribution in [0.3, 0.4) is 0 Å². The van der Waals surface area contributed by atoms with E-state index in [1.54, 1.807) is 0 Å². The van der Waals surface area contributed by atoms with E-state index in [0.29, 0.717) is 6.04 Å². The fourth-order valence-corrected chi connectivity index (χ4v) is 5.16. The maximum atomic E-state index is 11.2. The van der Waals surface area contributed by atoms with Crippen molar-refractivity contribution in [3.05, 3.63) is 42.1 Å². The van der Waals surface area contributed by atoms with Gasteiger partial charge >= 0.3 is 0 Å². The number of aliphatic hydroxyl groups excluding tert-OH is 1. The number of quaternary nitrogens is 1. The van der Waals surface area contributed by atoms with Gasteiger partial charge in [0, 0.05) is 30.3 Å². The van der Waals surface area contributed by atoms with E-state index in [4.69, 9.17) is 0 Å². The SMILES string of the molecule is CCC1C[N+]2(C)CCC1C[C@H]2[C@@H](O)c1ccnc2ccccc12. The lowest BCUT2D eigenvalue weighted by molar-refractivity contribution is -0.957. The van der Waals surface area contributed by atoms with E-state index in [-0.39, 0.29) is 0 Å². The standard InChI is InChI=1S/C20H27N2O/c1-3-14-13-22(2)11-9-15(14)12-19(22)20(23)17-8-10-21-18-7-5-4-6-16(17)18/h4-8,10,14-15,19-20,23H,3,9,11-13H2,1-2H3/q+1/t14?,15?,19-,20-,22?/m0/s1. The first-order valence-electron chi connectivity index (χ1n) is 8.98. The third-order valence-electron chi connectivity index (χ3n) is 6.56. The lowest BCUT2D eigenvalue weighted by atomic mass is 9.71. The molecule has 3 aliphatic rings. The largest absolute Gasteiger partial charge is 0.382 e. The van der Waals surface area contributed by atoms with Crippen LogP contribution in [0.1, 0.15) is 37.9 Å². The van der Waals surface area contributed by atoms with Crippen LogP contribution in [0.15, 0.2) is 36.5 Å². The highest BCUT2D eigenvalue weighted by Crippen LogP contribution is 2.46. The molecule has 3 fully saturated rings. The van der Waals surface area contributed by atoms with E-state index in [2.05, 4.69) is 25.0 Å². The molecule has 4 heterocycles. The van der Waals surface area contributed by atoms with Gasteiger partial charge in [0.1, 0.15) is 12.1 Å². The summed E-state index contributed by atoms with van der Waals surface area (Å²) in [5.41, 5.74) is 2.04. The second-order valence-corrected chi connectivity index (χ2v) is 7.77. The molecule has 23 heavy (non-hydrogen) atoms. The predicted molar refractivity (Wildman–Crippen MR) is 92.9 cm³/mol. The zero-order chi connectivity index (χ0) is 16.0. The van der Waals surface area contributed by atoms with Gasteiger partial charge < -0.3 is 9.59 Å². The van der Waals surface area contributed by atoms with E-state index < -0.39 is 6.10 Å². The Labute approximate surface area is 138 Å². The molecule has 122 valence electrons. The molecule has 2 aromatic rings. The average Bonchev–Trinajstić information content (AvgIpc) is 2.60. The molecule has 2 bridgehead atoms. The van der Waals surface area contributed by atoms with Crippen LogP contribution >= 0.6 is 0 Å². The lowest BCUT2D eigenvalue weighted by Crippen LogP contribution is -2.66. The highest BCUT2D eigenvalue weighted by molar-refractivity contribution is 5.82. The molecule has 3 saturated heterocycles. The molecule has 3 heteroatoms. The zero-order valence-corrected chi connectivity index (χ0v) is 14.2. The smallest absolute Gasteiger partial charge is 0.131 e. The summed E-state index contributed by atoms with van der Waals surface area (Å²) in [6.45, 7) is 4.76. The fourth-order valence-electron chi connectivity index (χ4n) is 5.16. The number of aliphatic hydroxyl groups is 1. The summed E-state index contributed by atoms with van der Waals surface area (Å²) < 4.78 is 1.03. The quantitative estimate of drug-likeness (QED) is 0.880. The fraction of sp³-hybridized carbons (Fsp3) is 0.550. The Morgan fingerprint density at radius 2 is 2.13 bits per heavy atom. The number of para-hydroxylation sites is 1. The highest BCUT2D eigenvalue weighted by atomic mass is 16.3. The number of benzene rings is 1. The molecule has 3 unspecified atom stereocenters. The molecule has 3 nitrogen and oxygen atoms in total. The van der Waals surface area contributed by atoms with E-state index >= 15 is 0 Å². The maximum absolute atomic E-state index is 11.2. The van der Waals surface area contributed by atoms with Crippen molar-refractivity contribution in [3.63, 3.8) is 0 Å². The number of hydrogen-bond donors (Lipinski definition) is 1. The molecule has 0 aliphatic carbocycles. The Bertz CT molecular complexity index is 710. The van der Waals surface area contributed by atoms with Gasteiger partial charge in [0.25, 0.3) is 0 Å². The molecule has 0 radical (unpaired) electrons. The minimum Gasteiger partial charge on any atom is -0.382 e. The first-order valence-corrected chi connectivity index (χ1v) is 8.98. The first-order chi connectivity index (χ1) is 11.1. The van der Waals surface area contributed by atoms with Crippen LogP contribution in [0.25, 0.3) is 10.9 Å².